The van der Waals surface area contributed by atoms with E-state index in [4.69, 9.17) is 0 Å². The van der Waals surface area contributed by atoms with E-state index in [2.05, 4.69) is 31.9 Å². The molecule has 0 unspecified atom stereocenters. The van der Waals surface area contributed by atoms with Crippen LogP contribution in [0, 0.1) is 11.6 Å². The van der Waals surface area contributed by atoms with Crippen LogP contribution in [-0.4, -0.2) is 5.11 Å². The largest absolute Gasteiger partial charge is 0.386 e. The number of aliphatic hydroxyl groups is 1. The van der Waals surface area contributed by atoms with Crippen LogP contribution in [0.4, 0.5) is 8.78 Å². The van der Waals surface area contributed by atoms with Gasteiger partial charge in [-0.05, 0) is 51.8 Å². The van der Waals surface area contributed by atoms with Crippen LogP contribution in [0.25, 0.3) is 0 Å². The van der Waals surface area contributed by atoms with E-state index in [1.54, 1.807) is 0 Å². The highest BCUT2D eigenvalue weighted by molar-refractivity contribution is 9.11. The van der Waals surface area contributed by atoms with Crippen molar-refractivity contribution in [2.45, 2.75) is 19.4 Å². The Kier molecular flexibility index (Phi) is 3.33. The van der Waals surface area contributed by atoms with Gasteiger partial charge >= 0.3 is 0 Å². The summed E-state index contributed by atoms with van der Waals surface area (Å²) in [7, 11) is 0. The second-order valence-electron chi connectivity index (χ2n) is 3.40. The van der Waals surface area contributed by atoms with Crippen LogP contribution in [0.15, 0.2) is 15.0 Å². The first-order chi connectivity index (χ1) is 6.25. The Balaban J connectivity index is 3.56. The number of benzene rings is 1. The summed E-state index contributed by atoms with van der Waals surface area (Å²) in [5, 5.41) is 9.58. The fourth-order valence-corrected chi connectivity index (χ4v) is 2.27. The normalized spacial score (nSPS) is 11.9. The average Bonchev–Trinajstić information content (AvgIpc) is 1.98. The van der Waals surface area contributed by atoms with Crippen LogP contribution in [0.5, 0.6) is 0 Å². The molecular weight excluding hydrogens is 322 g/mol. The van der Waals surface area contributed by atoms with E-state index >= 15 is 0 Å². The smallest absolute Gasteiger partial charge is 0.146 e. The minimum atomic E-state index is -1.56. The van der Waals surface area contributed by atoms with Crippen molar-refractivity contribution >= 4 is 31.9 Å². The molecule has 0 spiro atoms. The van der Waals surface area contributed by atoms with Crippen molar-refractivity contribution in [3.8, 4) is 0 Å². The third-order valence-electron chi connectivity index (χ3n) is 1.72. The van der Waals surface area contributed by atoms with Crippen molar-refractivity contribution in [2.24, 2.45) is 0 Å². The molecule has 0 atom stereocenters. The van der Waals surface area contributed by atoms with Crippen molar-refractivity contribution in [3.05, 3.63) is 32.2 Å². The average molecular weight is 330 g/mol. The van der Waals surface area contributed by atoms with E-state index in [1.165, 1.54) is 19.9 Å². The minimum absolute atomic E-state index is 0.114. The van der Waals surface area contributed by atoms with Gasteiger partial charge in [0, 0.05) is 0 Å². The van der Waals surface area contributed by atoms with Gasteiger partial charge in [0.15, 0.2) is 0 Å². The molecule has 78 valence electrons. The van der Waals surface area contributed by atoms with Gasteiger partial charge in [-0.15, -0.1) is 0 Å². The van der Waals surface area contributed by atoms with Crippen LogP contribution in [0.2, 0.25) is 0 Å². The van der Waals surface area contributed by atoms with Gasteiger partial charge in [0.1, 0.15) is 11.6 Å². The van der Waals surface area contributed by atoms with Gasteiger partial charge in [-0.1, -0.05) is 0 Å². The summed E-state index contributed by atoms with van der Waals surface area (Å²) in [6.07, 6.45) is 0. The Labute approximate surface area is 97.4 Å². The standard InChI is InChI=1S/C9H8Br2F2O/c1-9(2,14)6-7(12)4(10)3-5(11)8(6)13/h3,14H,1-2H3. The van der Waals surface area contributed by atoms with Crippen molar-refractivity contribution in [1.29, 1.82) is 0 Å². The van der Waals surface area contributed by atoms with Gasteiger partial charge in [-0.25, -0.2) is 8.78 Å². The number of halogens is 4. The summed E-state index contributed by atoms with van der Waals surface area (Å²) in [6, 6.07) is 1.26. The Bertz CT molecular complexity index is 346. The third kappa shape index (κ3) is 2.15. The first-order valence-corrected chi connectivity index (χ1v) is 5.39. The predicted octanol–water partition coefficient (Wildman–Crippen LogP) is 3.72. The lowest BCUT2D eigenvalue weighted by Crippen LogP contribution is -2.20. The summed E-state index contributed by atoms with van der Waals surface area (Å²) in [4.78, 5) is 0. The zero-order chi connectivity index (χ0) is 11.1. The quantitative estimate of drug-likeness (QED) is 0.779. The molecule has 1 N–H and O–H groups in total. The van der Waals surface area contributed by atoms with Gasteiger partial charge in [-0.3, -0.25) is 0 Å². The topological polar surface area (TPSA) is 20.2 Å². The summed E-state index contributed by atoms with van der Waals surface area (Å²) < 4.78 is 27.2. The van der Waals surface area contributed by atoms with E-state index in [1.807, 2.05) is 0 Å². The molecule has 0 radical (unpaired) electrons. The Morgan fingerprint density at radius 3 is 1.79 bits per heavy atom. The maximum absolute atomic E-state index is 13.5. The van der Waals surface area contributed by atoms with Gasteiger partial charge < -0.3 is 5.11 Å². The van der Waals surface area contributed by atoms with Crippen molar-refractivity contribution in [2.75, 3.05) is 0 Å². The highest BCUT2D eigenvalue weighted by atomic mass is 79.9. The van der Waals surface area contributed by atoms with E-state index in [9.17, 15) is 13.9 Å². The molecule has 5 heteroatoms. The molecule has 0 saturated carbocycles. The summed E-state index contributed by atoms with van der Waals surface area (Å²) in [5.74, 6) is -1.56. The molecule has 0 aromatic heterocycles. The molecule has 0 aliphatic carbocycles. The zero-order valence-electron chi connectivity index (χ0n) is 7.54. The predicted molar refractivity (Wildman–Crippen MR) is 57.0 cm³/mol. The molecular formula is C9H8Br2F2O. The molecule has 1 rings (SSSR count). The van der Waals surface area contributed by atoms with E-state index in [-0.39, 0.29) is 14.5 Å². The van der Waals surface area contributed by atoms with E-state index < -0.39 is 17.2 Å². The molecule has 0 amide bonds. The lowest BCUT2D eigenvalue weighted by molar-refractivity contribution is 0.0699. The van der Waals surface area contributed by atoms with E-state index in [0.717, 1.165) is 0 Å². The van der Waals surface area contributed by atoms with Crippen molar-refractivity contribution < 1.29 is 13.9 Å². The Morgan fingerprint density at radius 1 is 1.14 bits per heavy atom. The first kappa shape index (κ1) is 12.1. The summed E-state index contributed by atoms with van der Waals surface area (Å²) in [6.45, 7) is 2.65. The molecule has 1 aromatic carbocycles. The van der Waals surface area contributed by atoms with Crippen LogP contribution in [-0.2, 0) is 5.60 Å². The molecule has 0 fully saturated rings. The minimum Gasteiger partial charge on any atom is -0.386 e. The molecule has 0 aliphatic heterocycles. The highest BCUT2D eigenvalue weighted by Crippen LogP contribution is 2.34. The summed E-state index contributed by atoms with van der Waals surface area (Å²) >= 11 is 5.88. The second-order valence-corrected chi connectivity index (χ2v) is 5.11. The molecule has 0 aliphatic rings. The summed E-state index contributed by atoms with van der Waals surface area (Å²) in [5.41, 5.74) is -1.90. The van der Waals surface area contributed by atoms with Crippen LogP contribution < -0.4 is 0 Å². The lowest BCUT2D eigenvalue weighted by Gasteiger charge is -2.20. The molecule has 0 bridgehead atoms. The lowest BCUT2D eigenvalue weighted by atomic mass is 9.97. The van der Waals surface area contributed by atoms with Crippen molar-refractivity contribution in [1.82, 2.24) is 0 Å². The number of hydrogen-bond acceptors (Lipinski definition) is 1. The van der Waals surface area contributed by atoms with Gasteiger partial charge in [0.25, 0.3) is 0 Å². The number of hydrogen-bond donors (Lipinski definition) is 1. The van der Waals surface area contributed by atoms with Gasteiger partial charge in [0.2, 0.25) is 0 Å². The van der Waals surface area contributed by atoms with Crippen LogP contribution in [0.3, 0.4) is 0 Å². The maximum atomic E-state index is 13.5. The van der Waals surface area contributed by atoms with E-state index in [0.29, 0.717) is 0 Å². The fraction of sp³-hybridized carbons (Fsp3) is 0.333. The van der Waals surface area contributed by atoms with Gasteiger partial charge in [-0.2, -0.15) is 0 Å². The third-order valence-corrected chi connectivity index (χ3v) is 2.88. The zero-order valence-corrected chi connectivity index (χ0v) is 10.7. The Morgan fingerprint density at radius 2 is 1.50 bits per heavy atom. The highest BCUT2D eigenvalue weighted by Gasteiger charge is 2.28. The van der Waals surface area contributed by atoms with Crippen LogP contribution >= 0.6 is 31.9 Å². The number of rotatable bonds is 1. The Hall–Kier alpha value is -0.0000000000000000555. The monoisotopic (exact) mass is 328 g/mol. The van der Waals surface area contributed by atoms with Crippen LogP contribution in [0.1, 0.15) is 19.4 Å². The SMILES string of the molecule is CC(C)(O)c1c(F)c(Br)cc(Br)c1F. The molecule has 0 heterocycles. The molecule has 1 nitrogen and oxygen atoms in total. The van der Waals surface area contributed by atoms with Crippen molar-refractivity contribution in [3.63, 3.8) is 0 Å². The first-order valence-electron chi connectivity index (χ1n) is 3.81. The molecule has 0 saturated heterocycles. The fourth-order valence-electron chi connectivity index (χ4n) is 1.11. The second kappa shape index (κ2) is 3.87. The van der Waals surface area contributed by atoms with Gasteiger partial charge in [0.05, 0.1) is 20.1 Å². The molecule has 14 heavy (non-hydrogen) atoms. The molecule has 1 aromatic rings. The maximum Gasteiger partial charge on any atom is 0.146 e.